The Bertz CT molecular complexity index is 1340. The van der Waals surface area contributed by atoms with E-state index in [9.17, 15) is 14.7 Å². The van der Waals surface area contributed by atoms with Gasteiger partial charge in [0.2, 0.25) is 10.9 Å². The number of fused-ring (bicyclic) bond motifs is 2. The smallest absolute Gasteiger partial charge is 0.297 e. The third-order valence-electron chi connectivity index (χ3n) is 4.96. The molecule has 3 heterocycles. The number of hydrogen-bond acceptors (Lipinski definition) is 7. The summed E-state index contributed by atoms with van der Waals surface area (Å²) < 4.78 is 5.90. The summed E-state index contributed by atoms with van der Waals surface area (Å²) in [5.74, 6) is -0.330. The van der Waals surface area contributed by atoms with Crippen LogP contribution in [0.1, 0.15) is 38.3 Å². The predicted molar refractivity (Wildman–Crippen MR) is 109 cm³/mol. The lowest BCUT2D eigenvalue weighted by atomic mass is 9.98. The van der Waals surface area contributed by atoms with Crippen LogP contribution < -0.4 is 10.3 Å². The molecule has 144 valence electrons. The third kappa shape index (κ3) is 2.64. The zero-order chi connectivity index (χ0) is 20.3. The molecule has 2 aromatic carbocycles. The topological polar surface area (TPSA) is 96.5 Å². The molecule has 1 N–H and O–H groups in total. The average molecular weight is 405 g/mol. The van der Waals surface area contributed by atoms with E-state index in [-0.39, 0.29) is 22.5 Å². The fourth-order valence-electron chi connectivity index (χ4n) is 3.64. The summed E-state index contributed by atoms with van der Waals surface area (Å²) in [6, 6.07) is 11.0. The molecule has 2 aromatic heterocycles. The van der Waals surface area contributed by atoms with Gasteiger partial charge in [-0.25, -0.2) is 0 Å². The van der Waals surface area contributed by atoms with Gasteiger partial charge in [0.05, 0.1) is 17.0 Å². The van der Waals surface area contributed by atoms with Crippen molar-refractivity contribution in [2.75, 3.05) is 4.90 Å². The van der Waals surface area contributed by atoms with E-state index in [1.54, 1.807) is 31.2 Å². The van der Waals surface area contributed by atoms with E-state index < -0.39 is 11.9 Å². The van der Waals surface area contributed by atoms with Crippen molar-refractivity contribution >= 4 is 33.3 Å². The normalized spacial score (nSPS) is 15.9. The maximum absolute atomic E-state index is 13.4. The fraction of sp³-hybridized carbons (Fsp3) is 0.143. The second-order valence-electron chi connectivity index (χ2n) is 6.95. The van der Waals surface area contributed by atoms with Crippen molar-refractivity contribution in [1.82, 2.24) is 10.2 Å². The van der Waals surface area contributed by atoms with Gasteiger partial charge in [0.25, 0.3) is 5.91 Å². The Morgan fingerprint density at radius 1 is 1.07 bits per heavy atom. The van der Waals surface area contributed by atoms with Gasteiger partial charge in [0.15, 0.2) is 5.43 Å². The van der Waals surface area contributed by atoms with Crippen molar-refractivity contribution in [1.29, 1.82) is 0 Å². The molecule has 0 saturated heterocycles. The van der Waals surface area contributed by atoms with Gasteiger partial charge in [-0.2, -0.15) is 0 Å². The maximum Gasteiger partial charge on any atom is 0.297 e. The van der Waals surface area contributed by atoms with Crippen molar-refractivity contribution in [3.63, 3.8) is 0 Å². The van der Waals surface area contributed by atoms with E-state index in [1.165, 1.54) is 28.4 Å². The molecule has 1 aliphatic heterocycles. The van der Waals surface area contributed by atoms with Crippen LogP contribution in [-0.4, -0.2) is 21.2 Å². The van der Waals surface area contributed by atoms with Gasteiger partial charge in [-0.05, 0) is 43.7 Å². The molecule has 8 heteroatoms. The highest BCUT2D eigenvalue weighted by Crippen LogP contribution is 2.42. The number of phenols is 1. The van der Waals surface area contributed by atoms with Gasteiger partial charge in [-0.15, -0.1) is 10.2 Å². The molecule has 1 atom stereocenters. The maximum atomic E-state index is 13.4. The number of nitrogens with zero attached hydrogens (tertiary/aromatic N) is 3. The third-order valence-corrected chi connectivity index (χ3v) is 5.79. The summed E-state index contributed by atoms with van der Waals surface area (Å²) in [5, 5.41) is 19.3. The van der Waals surface area contributed by atoms with E-state index in [2.05, 4.69) is 10.2 Å². The van der Waals surface area contributed by atoms with Crippen molar-refractivity contribution in [2.45, 2.75) is 19.9 Å². The zero-order valence-electron chi connectivity index (χ0n) is 15.5. The predicted octanol–water partition coefficient (Wildman–Crippen LogP) is 3.72. The largest absolute Gasteiger partial charge is 0.508 e. The van der Waals surface area contributed by atoms with Crippen LogP contribution in [-0.2, 0) is 0 Å². The first-order chi connectivity index (χ1) is 13.9. The van der Waals surface area contributed by atoms with Crippen molar-refractivity contribution in [3.8, 4) is 5.75 Å². The van der Waals surface area contributed by atoms with Crippen LogP contribution in [0.25, 0.3) is 11.0 Å². The van der Waals surface area contributed by atoms with E-state index in [0.29, 0.717) is 26.7 Å². The standard InChI is InChI=1S/C21H15N3O4S/c1-10-3-8-15-14(9-10)18(26)16-17(12-4-6-13(25)7-5-12)24(20(27)19(16)28-15)21-23-22-11(2)29-21/h3-9,17,25H,1-2H3. The minimum atomic E-state index is -0.716. The molecular formula is C21H15N3O4S. The van der Waals surface area contributed by atoms with Gasteiger partial charge in [0.1, 0.15) is 16.3 Å². The van der Waals surface area contributed by atoms with Crippen LogP contribution in [0.5, 0.6) is 5.75 Å². The number of aromatic hydroxyl groups is 1. The Balaban J connectivity index is 1.83. The van der Waals surface area contributed by atoms with E-state index in [4.69, 9.17) is 4.42 Å². The molecule has 29 heavy (non-hydrogen) atoms. The zero-order valence-corrected chi connectivity index (χ0v) is 16.4. The Labute approximate surface area is 168 Å². The van der Waals surface area contributed by atoms with Gasteiger partial charge < -0.3 is 9.52 Å². The van der Waals surface area contributed by atoms with Crippen molar-refractivity contribution in [2.24, 2.45) is 0 Å². The van der Waals surface area contributed by atoms with Crippen LogP contribution >= 0.6 is 11.3 Å². The number of benzene rings is 2. The molecule has 0 aliphatic carbocycles. The minimum absolute atomic E-state index is 0.0114. The van der Waals surface area contributed by atoms with E-state index >= 15 is 0 Å². The second kappa shape index (κ2) is 6.25. The first kappa shape index (κ1) is 17.6. The molecule has 1 aliphatic rings. The van der Waals surface area contributed by atoms with Crippen molar-refractivity contribution in [3.05, 3.63) is 80.1 Å². The quantitative estimate of drug-likeness (QED) is 0.546. The van der Waals surface area contributed by atoms with E-state index in [0.717, 1.165) is 5.56 Å². The summed E-state index contributed by atoms with van der Waals surface area (Å²) >= 11 is 1.26. The molecule has 1 unspecified atom stereocenters. The lowest BCUT2D eigenvalue weighted by molar-refractivity contribution is 0.0970. The fourth-order valence-corrected chi connectivity index (χ4v) is 4.35. The molecule has 4 aromatic rings. The number of rotatable bonds is 2. The number of carbonyl (C=O) groups is 1. The summed E-state index contributed by atoms with van der Waals surface area (Å²) in [6.45, 7) is 3.69. The SMILES string of the molecule is Cc1ccc2oc3c(c(=O)c2c1)C(c1ccc(O)cc1)N(c1nnc(C)s1)C3=O. The monoisotopic (exact) mass is 405 g/mol. The summed E-state index contributed by atoms with van der Waals surface area (Å²) in [7, 11) is 0. The Morgan fingerprint density at radius 2 is 1.83 bits per heavy atom. The lowest BCUT2D eigenvalue weighted by Gasteiger charge is -2.22. The highest BCUT2D eigenvalue weighted by Gasteiger charge is 2.45. The van der Waals surface area contributed by atoms with Crippen LogP contribution in [0.3, 0.4) is 0 Å². The minimum Gasteiger partial charge on any atom is -0.508 e. The average Bonchev–Trinajstić information content (AvgIpc) is 3.25. The molecule has 0 fully saturated rings. The molecule has 5 rings (SSSR count). The van der Waals surface area contributed by atoms with Gasteiger partial charge in [-0.1, -0.05) is 35.1 Å². The summed E-state index contributed by atoms with van der Waals surface area (Å²) in [6.07, 6.45) is 0. The molecule has 0 bridgehead atoms. The molecule has 0 spiro atoms. The number of anilines is 1. The molecule has 0 radical (unpaired) electrons. The highest BCUT2D eigenvalue weighted by molar-refractivity contribution is 7.15. The van der Waals surface area contributed by atoms with Crippen LogP contribution in [0.15, 0.2) is 51.7 Å². The highest BCUT2D eigenvalue weighted by atomic mass is 32.1. The Hall–Kier alpha value is -3.52. The van der Waals surface area contributed by atoms with Gasteiger partial charge in [0, 0.05) is 0 Å². The molecule has 7 nitrogen and oxygen atoms in total. The van der Waals surface area contributed by atoms with Crippen molar-refractivity contribution < 1.29 is 14.3 Å². The number of aryl methyl sites for hydroxylation is 2. The number of phenolic OH excluding ortho intramolecular Hbond substituents is 1. The number of carbonyl (C=O) groups excluding carboxylic acids is 1. The van der Waals surface area contributed by atoms with Gasteiger partial charge in [-0.3, -0.25) is 14.5 Å². The number of amides is 1. The van der Waals surface area contributed by atoms with Crippen LogP contribution in [0.2, 0.25) is 0 Å². The summed E-state index contributed by atoms with van der Waals surface area (Å²) in [4.78, 5) is 28.2. The van der Waals surface area contributed by atoms with E-state index in [1.807, 2.05) is 13.0 Å². The number of aromatic nitrogens is 2. The molecular weight excluding hydrogens is 390 g/mol. The molecule has 0 saturated carbocycles. The molecule has 1 amide bonds. The first-order valence-electron chi connectivity index (χ1n) is 8.94. The lowest BCUT2D eigenvalue weighted by Crippen LogP contribution is -2.29. The Morgan fingerprint density at radius 3 is 2.52 bits per heavy atom. The summed E-state index contributed by atoms with van der Waals surface area (Å²) in [5.41, 5.74) is 1.98. The number of hydrogen-bond donors (Lipinski definition) is 1. The second-order valence-corrected chi connectivity index (χ2v) is 8.11. The van der Waals surface area contributed by atoms with Crippen LogP contribution in [0.4, 0.5) is 5.13 Å². The first-order valence-corrected chi connectivity index (χ1v) is 9.75. The van der Waals surface area contributed by atoms with Gasteiger partial charge >= 0.3 is 0 Å². The Kier molecular flexibility index (Phi) is 3.78. The van der Waals surface area contributed by atoms with Crippen LogP contribution in [0, 0.1) is 13.8 Å².